The van der Waals surface area contributed by atoms with Gasteiger partial charge in [0.05, 0.1) is 5.54 Å². The van der Waals surface area contributed by atoms with Gasteiger partial charge in [-0.3, -0.25) is 9.69 Å². The van der Waals surface area contributed by atoms with Crippen LogP contribution < -0.4 is 10.9 Å². The van der Waals surface area contributed by atoms with Crippen LogP contribution in [-0.2, 0) is 5.54 Å². The molecule has 20 heavy (non-hydrogen) atoms. The van der Waals surface area contributed by atoms with Gasteiger partial charge in [-0.25, -0.2) is 4.98 Å². The highest BCUT2D eigenvalue weighted by Gasteiger charge is 2.32. The number of nitrogens with zero attached hydrogens (tertiary/aromatic N) is 2. The smallest absolute Gasteiger partial charge is 0.254 e. The van der Waals surface area contributed by atoms with Gasteiger partial charge < -0.3 is 10.3 Å². The van der Waals surface area contributed by atoms with E-state index >= 15 is 0 Å². The SMILES string of the molecule is Cc1nc(C(C)(C)N2CCNCC2)[nH]c(=O)c1C(C)C. The Kier molecular flexibility index (Phi) is 4.30. The molecule has 0 unspecified atom stereocenters. The maximum Gasteiger partial charge on any atom is 0.254 e. The summed E-state index contributed by atoms with van der Waals surface area (Å²) < 4.78 is 0. The molecular formula is C15H26N4O. The van der Waals surface area contributed by atoms with Crippen molar-refractivity contribution in [3.63, 3.8) is 0 Å². The number of rotatable bonds is 3. The molecule has 0 radical (unpaired) electrons. The summed E-state index contributed by atoms with van der Waals surface area (Å²) in [5.41, 5.74) is 1.40. The predicted octanol–water partition coefficient (Wildman–Crippen LogP) is 1.34. The second-order valence-electron chi connectivity index (χ2n) is 6.36. The standard InChI is InChI=1S/C15H26N4O/c1-10(2)12-11(3)17-14(18-13(12)20)15(4,5)19-8-6-16-7-9-19/h10,16H,6-9H2,1-5H3,(H,17,18,20). The molecule has 1 aromatic heterocycles. The molecule has 0 aliphatic carbocycles. The van der Waals surface area contributed by atoms with E-state index in [0.717, 1.165) is 43.3 Å². The van der Waals surface area contributed by atoms with Crippen molar-refractivity contribution in [1.29, 1.82) is 0 Å². The highest BCUT2D eigenvalue weighted by atomic mass is 16.1. The maximum absolute atomic E-state index is 12.3. The fraction of sp³-hybridized carbons (Fsp3) is 0.733. The van der Waals surface area contributed by atoms with Gasteiger partial charge in [-0.1, -0.05) is 13.8 Å². The Hall–Kier alpha value is -1.20. The van der Waals surface area contributed by atoms with Gasteiger partial charge in [0.2, 0.25) is 0 Å². The van der Waals surface area contributed by atoms with Crippen molar-refractivity contribution in [3.05, 3.63) is 27.4 Å². The van der Waals surface area contributed by atoms with Crippen molar-refractivity contribution in [1.82, 2.24) is 20.2 Å². The molecule has 1 aliphatic rings. The quantitative estimate of drug-likeness (QED) is 0.876. The molecule has 1 aliphatic heterocycles. The first kappa shape index (κ1) is 15.2. The van der Waals surface area contributed by atoms with Crippen molar-refractivity contribution in [3.8, 4) is 0 Å². The molecule has 0 atom stereocenters. The zero-order valence-electron chi connectivity index (χ0n) is 13.2. The third kappa shape index (κ3) is 2.79. The largest absolute Gasteiger partial charge is 0.314 e. The molecule has 5 heteroatoms. The number of H-pyrrole nitrogens is 1. The van der Waals surface area contributed by atoms with Crippen LogP contribution in [0, 0.1) is 6.92 Å². The van der Waals surface area contributed by atoms with E-state index < -0.39 is 0 Å². The molecule has 2 heterocycles. The average Bonchev–Trinajstić information content (AvgIpc) is 2.38. The Labute approximate surface area is 120 Å². The van der Waals surface area contributed by atoms with Crippen LogP contribution in [-0.4, -0.2) is 41.0 Å². The van der Waals surface area contributed by atoms with Crippen molar-refractivity contribution < 1.29 is 0 Å². The van der Waals surface area contributed by atoms with E-state index in [1.54, 1.807) is 0 Å². The van der Waals surface area contributed by atoms with Gasteiger partial charge in [-0.2, -0.15) is 0 Å². The molecule has 2 N–H and O–H groups in total. The number of hydrogen-bond acceptors (Lipinski definition) is 4. The number of hydrogen-bond donors (Lipinski definition) is 2. The molecule has 1 fully saturated rings. The molecule has 0 spiro atoms. The lowest BCUT2D eigenvalue weighted by atomic mass is 9.98. The lowest BCUT2D eigenvalue weighted by Gasteiger charge is -2.40. The van der Waals surface area contributed by atoms with E-state index in [1.807, 2.05) is 20.8 Å². The maximum atomic E-state index is 12.3. The van der Waals surface area contributed by atoms with Gasteiger partial charge in [-0.15, -0.1) is 0 Å². The summed E-state index contributed by atoms with van der Waals surface area (Å²) in [4.78, 5) is 22.4. The monoisotopic (exact) mass is 278 g/mol. The minimum atomic E-state index is -0.248. The Morgan fingerprint density at radius 1 is 1.25 bits per heavy atom. The van der Waals surface area contributed by atoms with E-state index in [2.05, 4.69) is 34.0 Å². The van der Waals surface area contributed by atoms with E-state index in [4.69, 9.17) is 0 Å². The lowest BCUT2D eigenvalue weighted by molar-refractivity contribution is 0.0943. The van der Waals surface area contributed by atoms with Gasteiger partial charge in [0, 0.05) is 37.4 Å². The number of aromatic nitrogens is 2. The zero-order valence-corrected chi connectivity index (χ0v) is 13.2. The number of aromatic amines is 1. The minimum absolute atomic E-state index is 0.00529. The van der Waals surface area contributed by atoms with Crippen LogP contribution in [0.3, 0.4) is 0 Å². The topological polar surface area (TPSA) is 61.0 Å². The summed E-state index contributed by atoms with van der Waals surface area (Å²) in [6.45, 7) is 14.2. The number of nitrogens with one attached hydrogen (secondary N) is 2. The molecule has 2 rings (SSSR count). The zero-order chi connectivity index (χ0) is 14.9. The molecule has 1 saturated heterocycles. The first-order chi connectivity index (χ1) is 9.34. The minimum Gasteiger partial charge on any atom is -0.314 e. The van der Waals surface area contributed by atoms with Crippen LogP contribution in [0.5, 0.6) is 0 Å². The Morgan fingerprint density at radius 3 is 2.35 bits per heavy atom. The molecule has 0 aromatic carbocycles. The van der Waals surface area contributed by atoms with Crippen molar-refractivity contribution in [2.45, 2.75) is 46.1 Å². The first-order valence-corrected chi connectivity index (χ1v) is 7.41. The Balaban J connectivity index is 2.39. The van der Waals surface area contributed by atoms with Gasteiger partial charge in [0.15, 0.2) is 0 Å². The van der Waals surface area contributed by atoms with Crippen LogP contribution in [0.2, 0.25) is 0 Å². The summed E-state index contributed by atoms with van der Waals surface area (Å²) in [7, 11) is 0. The third-order valence-electron chi connectivity index (χ3n) is 4.21. The molecule has 0 bridgehead atoms. The Bertz CT molecular complexity index is 527. The van der Waals surface area contributed by atoms with Crippen LogP contribution in [0.15, 0.2) is 4.79 Å². The third-order valence-corrected chi connectivity index (χ3v) is 4.21. The summed E-state index contributed by atoms with van der Waals surface area (Å²) in [6, 6.07) is 0. The lowest BCUT2D eigenvalue weighted by Crippen LogP contribution is -2.52. The van der Waals surface area contributed by atoms with E-state index in [1.165, 1.54) is 0 Å². The van der Waals surface area contributed by atoms with E-state index in [9.17, 15) is 4.79 Å². The van der Waals surface area contributed by atoms with Crippen LogP contribution >= 0.6 is 0 Å². The van der Waals surface area contributed by atoms with Crippen molar-refractivity contribution >= 4 is 0 Å². The van der Waals surface area contributed by atoms with Gasteiger partial charge in [0.1, 0.15) is 5.82 Å². The summed E-state index contributed by atoms with van der Waals surface area (Å²) in [5, 5.41) is 3.35. The van der Waals surface area contributed by atoms with Gasteiger partial charge >= 0.3 is 0 Å². The fourth-order valence-electron chi connectivity index (χ4n) is 2.94. The van der Waals surface area contributed by atoms with Crippen LogP contribution in [0.4, 0.5) is 0 Å². The number of piperazine rings is 1. The summed E-state index contributed by atoms with van der Waals surface area (Å²) in [5.74, 6) is 0.967. The Morgan fingerprint density at radius 2 is 1.85 bits per heavy atom. The van der Waals surface area contributed by atoms with E-state index in [0.29, 0.717) is 0 Å². The van der Waals surface area contributed by atoms with Gasteiger partial charge in [0.25, 0.3) is 5.56 Å². The molecule has 0 saturated carbocycles. The van der Waals surface area contributed by atoms with Crippen LogP contribution in [0.1, 0.15) is 50.7 Å². The molecule has 5 nitrogen and oxygen atoms in total. The molecule has 1 aromatic rings. The molecule has 0 amide bonds. The fourth-order valence-corrected chi connectivity index (χ4v) is 2.94. The highest BCUT2D eigenvalue weighted by molar-refractivity contribution is 5.22. The second-order valence-corrected chi connectivity index (χ2v) is 6.36. The predicted molar refractivity (Wildman–Crippen MR) is 81.2 cm³/mol. The number of aryl methyl sites for hydroxylation is 1. The van der Waals surface area contributed by atoms with Crippen molar-refractivity contribution in [2.75, 3.05) is 26.2 Å². The normalized spacial score (nSPS) is 17.7. The average molecular weight is 278 g/mol. The van der Waals surface area contributed by atoms with E-state index in [-0.39, 0.29) is 17.0 Å². The molecule has 112 valence electrons. The first-order valence-electron chi connectivity index (χ1n) is 7.41. The molecular weight excluding hydrogens is 252 g/mol. The van der Waals surface area contributed by atoms with Crippen molar-refractivity contribution in [2.24, 2.45) is 0 Å². The van der Waals surface area contributed by atoms with Gasteiger partial charge in [-0.05, 0) is 26.7 Å². The summed E-state index contributed by atoms with van der Waals surface area (Å²) in [6.07, 6.45) is 0. The van der Waals surface area contributed by atoms with Crippen LogP contribution in [0.25, 0.3) is 0 Å². The summed E-state index contributed by atoms with van der Waals surface area (Å²) >= 11 is 0. The highest BCUT2D eigenvalue weighted by Crippen LogP contribution is 2.25. The second kappa shape index (κ2) is 5.66.